The summed E-state index contributed by atoms with van der Waals surface area (Å²) in [7, 11) is 0. The highest BCUT2D eigenvalue weighted by Crippen LogP contribution is 2.36. The average molecular weight is 316 g/mol. The lowest BCUT2D eigenvalue weighted by Gasteiger charge is -2.19. The molecule has 1 aromatic heterocycles. The molecule has 0 aliphatic rings. The maximum Gasteiger partial charge on any atom is 0.416 e. The molecule has 1 heterocycles. The number of rotatable bonds is 2. The number of aromatic nitrogens is 2. The van der Waals surface area contributed by atoms with Crippen molar-refractivity contribution in [2.24, 2.45) is 0 Å². The Morgan fingerprint density at radius 2 is 1.86 bits per heavy atom. The van der Waals surface area contributed by atoms with Crippen molar-refractivity contribution in [2.75, 3.05) is 0 Å². The van der Waals surface area contributed by atoms with E-state index in [1.807, 2.05) is 20.8 Å². The molecule has 0 fully saturated rings. The van der Waals surface area contributed by atoms with Crippen molar-refractivity contribution in [3.8, 4) is 0 Å². The molecule has 21 heavy (non-hydrogen) atoms. The molecule has 0 bridgehead atoms. The van der Waals surface area contributed by atoms with E-state index in [2.05, 4.69) is 9.59 Å². The first-order valence-electron chi connectivity index (χ1n) is 6.28. The van der Waals surface area contributed by atoms with Crippen molar-refractivity contribution >= 4 is 11.5 Å². The molecule has 2 aromatic rings. The van der Waals surface area contributed by atoms with Crippen molar-refractivity contribution in [1.29, 1.82) is 0 Å². The molecule has 0 amide bonds. The van der Waals surface area contributed by atoms with Crippen LogP contribution in [0.25, 0.3) is 0 Å². The molecule has 2 rings (SSSR count). The summed E-state index contributed by atoms with van der Waals surface area (Å²) in [4.78, 5) is 0.474. The molecule has 114 valence electrons. The summed E-state index contributed by atoms with van der Waals surface area (Å²) in [5, 5.41) is 14.4. The molecular weight excluding hydrogens is 301 g/mol. The van der Waals surface area contributed by atoms with Crippen molar-refractivity contribution in [3.63, 3.8) is 0 Å². The van der Waals surface area contributed by atoms with E-state index in [9.17, 15) is 18.3 Å². The van der Waals surface area contributed by atoms with Gasteiger partial charge in [0.15, 0.2) is 0 Å². The molecule has 0 saturated carbocycles. The molecule has 1 aromatic carbocycles. The lowest BCUT2D eigenvalue weighted by Crippen LogP contribution is -2.16. The third kappa shape index (κ3) is 3.41. The zero-order chi connectivity index (χ0) is 15.8. The van der Waals surface area contributed by atoms with Gasteiger partial charge in [0.2, 0.25) is 0 Å². The second-order valence-corrected chi connectivity index (χ2v) is 6.55. The summed E-state index contributed by atoms with van der Waals surface area (Å²) in [6.45, 7) is 5.73. The summed E-state index contributed by atoms with van der Waals surface area (Å²) in [6.07, 6.45) is -5.60. The number of alkyl halides is 3. The second kappa shape index (κ2) is 5.38. The van der Waals surface area contributed by atoms with E-state index in [1.165, 1.54) is 12.1 Å². The number of aliphatic hydroxyl groups is 1. The molecule has 3 nitrogen and oxygen atoms in total. The van der Waals surface area contributed by atoms with Crippen LogP contribution in [0.5, 0.6) is 0 Å². The normalized spacial score (nSPS) is 14.2. The van der Waals surface area contributed by atoms with Gasteiger partial charge in [0.25, 0.3) is 0 Å². The summed E-state index contributed by atoms with van der Waals surface area (Å²) >= 11 is 1.00. The quantitative estimate of drug-likeness (QED) is 0.913. The number of benzene rings is 1. The van der Waals surface area contributed by atoms with Gasteiger partial charge in [-0.25, -0.2) is 0 Å². The fourth-order valence-electron chi connectivity index (χ4n) is 1.93. The summed E-state index contributed by atoms with van der Waals surface area (Å²) in [5.41, 5.74) is -0.349. The molecule has 1 atom stereocenters. The lowest BCUT2D eigenvalue weighted by atomic mass is 9.89. The molecule has 0 aliphatic carbocycles. The van der Waals surface area contributed by atoms with Gasteiger partial charge < -0.3 is 5.11 Å². The fraction of sp³-hybridized carbons (Fsp3) is 0.429. The summed E-state index contributed by atoms with van der Waals surface area (Å²) < 4.78 is 42.0. The van der Waals surface area contributed by atoms with Crippen LogP contribution in [0.3, 0.4) is 0 Å². The van der Waals surface area contributed by atoms with Gasteiger partial charge in [0.1, 0.15) is 6.10 Å². The van der Waals surface area contributed by atoms with Crippen LogP contribution in [-0.2, 0) is 11.6 Å². The van der Waals surface area contributed by atoms with Crippen LogP contribution in [0.2, 0.25) is 0 Å². The largest absolute Gasteiger partial charge is 0.416 e. The second-order valence-electron chi connectivity index (χ2n) is 5.76. The highest BCUT2D eigenvalue weighted by Gasteiger charge is 2.32. The van der Waals surface area contributed by atoms with E-state index < -0.39 is 17.8 Å². The van der Waals surface area contributed by atoms with Gasteiger partial charge in [-0.15, -0.1) is 5.10 Å². The Hall–Kier alpha value is -1.47. The minimum absolute atomic E-state index is 0.182. The predicted molar refractivity (Wildman–Crippen MR) is 74.1 cm³/mol. The number of hydrogen-bond donors (Lipinski definition) is 1. The molecule has 0 spiro atoms. The first kappa shape index (κ1) is 15.9. The Kier molecular flexibility index (Phi) is 4.08. The van der Waals surface area contributed by atoms with Crippen LogP contribution in [0.15, 0.2) is 24.3 Å². The summed E-state index contributed by atoms with van der Waals surface area (Å²) in [5.74, 6) is 0. The highest BCUT2D eigenvalue weighted by atomic mass is 32.1. The van der Waals surface area contributed by atoms with E-state index >= 15 is 0 Å². The smallest absolute Gasteiger partial charge is 0.383 e. The lowest BCUT2D eigenvalue weighted by molar-refractivity contribution is -0.137. The molecule has 0 aliphatic heterocycles. The third-order valence-electron chi connectivity index (χ3n) is 3.00. The van der Waals surface area contributed by atoms with Crippen LogP contribution in [0.1, 0.15) is 48.6 Å². The first-order chi connectivity index (χ1) is 9.60. The van der Waals surface area contributed by atoms with Gasteiger partial charge in [-0.3, -0.25) is 0 Å². The Morgan fingerprint density at radius 1 is 1.19 bits per heavy atom. The Morgan fingerprint density at radius 3 is 2.43 bits per heavy atom. The van der Waals surface area contributed by atoms with Crippen molar-refractivity contribution < 1.29 is 18.3 Å². The maximum atomic E-state index is 12.7. The number of halogens is 3. The minimum atomic E-state index is -4.44. The van der Waals surface area contributed by atoms with E-state index in [-0.39, 0.29) is 11.0 Å². The maximum absolute atomic E-state index is 12.7. The van der Waals surface area contributed by atoms with Crippen molar-refractivity contribution in [1.82, 2.24) is 9.59 Å². The van der Waals surface area contributed by atoms with E-state index in [0.717, 1.165) is 23.7 Å². The Labute approximate surface area is 124 Å². The molecule has 1 N–H and O–H groups in total. The van der Waals surface area contributed by atoms with Gasteiger partial charge in [-0.2, -0.15) is 13.2 Å². The van der Waals surface area contributed by atoms with Crippen LogP contribution in [0, 0.1) is 0 Å². The van der Waals surface area contributed by atoms with Gasteiger partial charge in [-0.05, 0) is 29.2 Å². The average Bonchev–Trinajstić information content (AvgIpc) is 2.86. The SMILES string of the molecule is CC(C)(C)c1nnsc1C(O)c1cccc(C(F)(F)F)c1. The first-order valence-corrected chi connectivity index (χ1v) is 7.06. The minimum Gasteiger partial charge on any atom is -0.383 e. The number of hydrogen-bond acceptors (Lipinski definition) is 4. The standard InChI is InChI=1S/C14H15F3N2OS/c1-13(2,3)12-11(21-19-18-12)10(20)8-5-4-6-9(7-8)14(15,16)17/h4-7,10,20H,1-3H3. The van der Waals surface area contributed by atoms with Crippen molar-refractivity contribution in [2.45, 2.75) is 38.5 Å². The van der Waals surface area contributed by atoms with E-state index in [4.69, 9.17) is 0 Å². The molecule has 1 unspecified atom stereocenters. The van der Waals surface area contributed by atoms with Crippen LogP contribution in [-0.4, -0.2) is 14.7 Å². The predicted octanol–water partition coefficient (Wildman–Crippen LogP) is 3.94. The van der Waals surface area contributed by atoms with Crippen molar-refractivity contribution in [3.05, 3.63) is 46.0 Å². The van der Waals surface area contributed by atoms with E-state index in [1.54, 1.807) is 0 Å². The zero-order valence-electron chi connectivity index (χ0n) is 11.8. The number of nitrogens with zero attached hydrogens (tertiary/aromatic N) is 2. The Balaban J connectivity index is 2.42. The topological polar surface area (TPSA) is 46.0 Å². The zero-order valence-corrected chi connectivity index (χ0v) is 12.6. The van der Waals surface area contributed by atoms with Crippen LogP contribution >= 0.6 is 11.5 Å². The summed E-state index contributed by atoms with van der Waals surface area (Å²) in [6, 6.07) is 4.68. The van der Waals surface area contributed by atoms with Gasteiger partial charge >= 0.3 is 6.18 Å². The Bertz CT molecular complexity index is 632. The third-order valence-corrected chi connectivity index (χ3v) is 3.78. The molecular formula is C14H15F3N2OS. The molecule has 7 heteroatoms. The van der Waals surface area contributed by atoms with Crippen LogP contribution < -0.4 is 0 Å². The van der Waals surface area contributed by atoms with Gasteiger partial charge in [0, 0.05) is 5.41 Å². The van der Waals surface area contributed by atoms with Gasteiger partial charge in [0.05, 0.1) is 16.1 Å². The monoisotopic (exact) mass is 316 g/mol. The van der Waals surface area contributed by atoms with E-state index in [0.29, 0.717) is 10.6 Å². The molecule has 0 saturated heterocycles. The number of aliphatic hydroxyl groups excluding tert-OH is 1. The van der Waals surface area contributed by atoms with Gasteiger partial charge in [-0.1, -0.05) is 37.4 Å². The fourth-order valence-corrected chi connectivity index (χ4v) is 2.81. The molecule has 0 radical (unpaired) electrons. The highest BCUT2D eigenvalue weighted by molar-refractivity contribution is 7.05. The van der Waals surface area contributed by atoms with Crippen LogP contribution in [0.4, 0.5) is 13.2 Å².